The molecule has 0 aliphatic carbocycles. The van der Waals surface area contributed by atoms with Crippen molar-refractivity contribution in [2.75, 3.05) is 18.8 Å². The first-order valence-electron chi connectivity index (χ1n) is 10.6. The third kappa shape index (κ3) is 5.22. The summed E-state index contributed by atoms with van der Waals surface area (Å²) < 4.78 is 0. The summed E-state index contributed by atoms with van der Waals surface area (Å²) in [5, 5.41) is 16.4. The van der Waals surface area contributed by atoms with E-state index in [1.807, 2.05) is 0 Å². The molecule has 1 aromatic heterocycles. The molecule has 2 atom stereocenters. The minimum Gasteiger partial charge on any atom is -0.507 e. The van der Waals surface area contributed by atoms with Crippen molar-refractivity contribution in [3.63, 3.8) is 0 Å². The first kappa shape index (κ1) is 23.3. The molecule has 0 radical (unpaired) electrons. The first-order chi connectivity index (χ1) is 16.3. The Balaban J connectivity index is 1.40. The quantitative estimate of drug-likeness (QED) is 0.377. The number of rotatable bonds is 7. The number of nitrogens with zero attached hydrogens (tertiary/aromatic N) is 2. The first-order valence-corrected chi connectivity index (χ1v) is 11.0. The summed E-state index contributed by atoms with van der Waals surface area (Å²) >= 11 is 5.93. The number of phenolic OH excluding ortho intramolecular Hbond substituents is 1. The fourth-order valence-electron chi connectivity index (χ4n) is 3.87. The van der Waals surface area contributed by atoms with Crippen molar-refractivity contribution in [3.8, 4) is 5.75 Å². The van der Waals surface area contributed by atoms with Gasteiger partial charge in [0.2, 0.25) is 5.95 Å². The molecule has 0 spiro atoms. The Morgan fingerprint density at radius 3 is 2.56 bits per heavy atom. The molecule has 0 unspecified atom stereocenters. The van der Waals surface area contributed by atoms with Crippen LogP contribution in [0.5, 0.6) is 5.75 Å². The van der Waals surface area contributed by atoms with Crippen LogP contribution < -0.4 is 16.4 Å². The Kier molecular flexibility index (Phi) is 6.85. The number of Topliss-reactive ketones (excluding diaryl/α,β-unsaturated/α-hetero) is 1. The Bertz CT molecular complexity index is 1250. The monoisotopic (exact) mass is 479 g/mol. The number of carbonyl (C=O) groups excluding carboxylic acids is 3. The van der Waals surface area contributed by atoms with Gasteiger partial charge in [-0.25, -0.2) is 9.97 Å². The van der Waals surface area contributed by atoms with Crippen LogP contribution in [0.25, 0.3) is 0 Å². The molecule has 4 rings (SSSR count). The molecule has 1 amide bonds. The third-order valence-electron chi connectivity index (χ3n) is 5.68. The highest BCUT2D eigenvalue weighted by atomic mass is 35.5. The van der Waals surface area contributed by atoms with Gasteiger partial charge >= 0.3 is 0 Å². The molecule has 3 aromatic rings. The molecule has 1 aliphatic heterocycles. The molecule has 34 heavy (non-hydrogen) atoms. The number of hydrogen-bond acceptors (Lipinski definition) is 8. The molecule has 2 heterocycles. The van der Waals surface area contributed by atoms with E-state index in [2.05, 4.69) is 20.6 Å². The third-order valence-corrected chi connectivity index (χ3v) is 5.92. The van der Waals surface area contributed by atoms with Crippen LogP contribution in [0.1, 0.15) is 43.2 Å². The lowest BCUT2D eigenvalue weighted by molar-refractivity contribution is 0.0899. The molecule has 9 nitrogen and oxygen atoms in total. The fraction of sp³-hybridized carbons (Fsp3) is 0.208. The molecule has 5 N–H and O–H groups in total. The topological polar surface area (TPSA) is 147 Å². The summed E-state index contributed by atoms with van der Waals surface area (Å²) in [4.78, 5) is 45.8. The van der Waals surface area contributed by atoms with Crippen LogP contribution in [0.4, 0.5) is 5.95 Å². The van der Waals surface area contributed by atoms with Gasteiger partial charge in [-0.15, -0.1) is 0 Å². The second-order valence-corrected chi connectivity index (χ2v) is 8.43. The van der Waals surface area contributed by atoms with Gasteiger partial charge in [-0.1, -0.05) is 35.9 Å². The van der Waals surface area contributed by atoms with E-state index in [4.69, 9.17) is 17.3 Å². The van der Waals surface area contributed by atoms with E-state index in [0.717, 1.165) is 0 Å². The number of aromatic hydroxyl groups is 1. The number of amides is 1. The van der Waals surface area contributed by atoms with Crippen molar-refractivity contribution in [1.29, 1.82) is 0 Å². The lowest BCUT2D eigenvalue weighted by Gasteiger charge is -2.19. The van der Waals surface area contributed by atoms with Crippen LogP contribution in [0.3, 0.4) is 0 Å². The summed E-state index contributed by atoms with van der Waals surface area (Å²) in [5.74, 6) is -1.15. The average molecular weight is 480 g/mol. The van der Waals surface area contributed by atoms with Gasteiger partial charge in [-0.05, 0) is 24.3 Å². The van der Waals surface area contributed by atoms with E-state index in [0.29, 0.717) is 29.2 Å². The molecule has 0 bridgehead atoms. The van der Waals surface area contributed by atoms with E-state index >= 15 is 0 Å². The van der Waals surface area contributed by atoms with Gasteiger partial charge in [0.05, 0.1) is 5.56 Å². The number of aromatic nitrogens is 2. The summed E-state index contributed by atoms with van der Waals surface area (Å²) in [6, 6.07) is 11.7. The number of nitrogens with two attached hydrogens (primary N) is 1. The minimum atomic E-state index is -0.396. The summed E-state index contributed by atoms with van der Waals surface area (Å²) in [6.07, 6.45) is 1.62. The van der Waals surface area contributed by atoms with Crippen molar-refractivity contribution in [2.45, 2.75) is 12.5 Å². The number of benzene rings is 2. The smallest absolute Gasteiger partial charge is 0.270 e. The van der Waals surface area contributed by atoms with Crippen molar-refractivity contribution in [2.24, 2.45) is 5.92 Å². The highest BCUT2D eigenvalue weighted by molar-refractivity contribution is 6.31. The molecule has 10 heteroatoms. The number of ketones is 2. The van der Waals surface area contributed by atoms with Gasteiger partial charge in [0.1, 0.15) is 11.4 Å². The normalized spacial score (nSPS) is 17.3. The van der Waals surface area contributed by atoms with Crippen LogP contribution in [-0.4, -0.2) is 51.7 Å². The SMILES string of the molecule is Nc1nccc(C(=O)N[C@@H]2CNC[C@H]2CC(=O)c2ccc(C(=O)c3cc(Cl)ccc3O)cc2)n1. The number of hydrogen-bond donors (Lipinski definition) is 4. The molecule has 174 valence electrons. The zero-order valence-electron chi connectivity index (χ0n) is 18.0. The molecule has 1 saturated heterocycles. The molecule has 0 saturated carbocycles. The lowest BCUT2D eigenvalue weighted by atomic mass is 9.93. The van der Waals surface area contributed by atoms with Crippen LogP contribution in [0.15, 0.2) is 54.7 Å². The number of nitrogen functional groups attached to an aromatic ring is 1. The number of halogens is 1. The molecule has 1 fully saturated rings. The molecule has 2 aromatic carbocycles. The Morgan fingerprint density at radius 2 is 1.82 bits per heavy atom. The maximum atomic E-state index is 12.9. The van der Waals surface area contributed by atoms with Crippen LogP contribution >= 0.6 is 11.6 Å². The van der Waals surface area contributed by atoms with Gasteiger partial charge in [0, 0.05) is 53.8 Å². The van der Waals surface area contributed by atoms with Gasteiger partial charge in [-0.3, -0.25) is 14.4 Å². The van der Waals surface area contributed by atoms with E-state index in [-0.39, 0.29) is 53.0 Å². The summed E-state index contributed by atoms with van der Waals surface area (Å²) in [7, 11) is 0. The zero-order chi connectivity index (χ0) is 24.2. The van der Waals surface area contributed by atoms with Crippen molar-refractivity contribution in [3.05, 3.63) is 82.1 Å². The second kappa shape index (κ2) is 9.98. The van der Waals surface area contributed by atoms with Crippen molar-refractivity contribution in [1.82, 2.24) is 20.6 Å². The van der Waals surface area contributed by atoms with E-state index < -0.39 is 5.78 Å². The maximum Gasteiger partial charge on any atom is 0.270 e. The van der Waals surface area contributed by atoms with Gasteiger partial charge in [-0.2, -0.15) is 0 Å². The standard InChI is InChI=1S/C24H22ClN5O4/c25-16-5-6-20(31)17(10-16)22(33)14-3-1-13(2-4-14)21(32)9-15-11-27-12-19(15)29-23(34)18-7-8-28-24(26)30-18/h1-8,10,15,19,27,31H,9,11-12H2,(H,29,34)(H2,26,28,30)/t15-,19-/m1/s1. The minimum absolute atomic E-state index is 0.0106. The molecular weight excluding hydrogens is 458 g/mol. The highest BCUT2D eigenvalue weighted by Gasteiger charge is 2.31. The molecule has 1 aliphatic rings. The van der Waals surface area contributed by atoms with E-state index in [1.54, 1.807) is 24.3 Å². The van der Waals surface area contributed by atoms with Crippen molar-refractivity contribution >= 4 is 35.0 Å². The highest BCUT2D eigenvalue weighted by Crippen LogP contribution is 2.25. The van der Waals surface area contributed by atoms with Crippen LogP contribution in [0, 0.1) is 5.92 Å². The summed E-state index contributed by atoms with van der Waals surface area (Å²) in [6.45, 7) is 1.11. The number of anilines is 1. The van der Waals surface area contributed by atoms with Crippen LogP contribution in [-0.2, 0) is 0 Å². The van der Waals surface area contributed by atoms with E-state index in [9.17, 15) is 19.5 Å². The second-order valence-electron chi connectivity index (χ2n) is 7.99. The van der Waals surface area contributed by atoms with Gasteiger partial charge < -0.3 is 21.5 Å². The number of nitrogens with one attached hydrogen (secondary N) is 2. The number of phenols is 1. The lowest BCUT2D eigenvalue weighted by Crippen LogP contribution is -2.41. The van der Waals surface area contributed by atoms with Crippen LogP contribution in [0.2, 0.25) is 5.02 Å². The average Bonchev–Trinajstić information content (AvgIpc) is 3.26. The Morgan fingerprint density at radius 1 is 1.09 bits per heavy atom. The Labute approximate surface area is 200 Å². The maximum absolute atomic E-state index is 12.9. The predicted molar refractivity (Wildman–Crippen MR) is 126 cm³/mol. The van der Waals surface area contributed by atoms with Gasteiger partial charge in [0.15, 0.2) is 11.6 Å². The van der Waals surface area contributed by atoms with E-state index in [1.165, 1.54) is 30.5 Å². The largest absolute Gasteiger partial charge is 0.507 e. The predicted octanol–water partition coefficient (Wildman–Crippen LogP) is 2.24. The molecular formula is C24H22ClN5O4. The van der Waals surface area contributed by atoms with Gasteiger partial charge in [0.25, 0.3) is 5.91 Å². The number of carbonyl (C=O) groups is 3. The zero-order valence-corrected chi connectivity index (χ0v) is 18.7. The Hall–Kier alpha value is -3.82. The fourth-order valence-corrected chi connectivity index (χ4v) is 4.04. The van der Waals surface area contributed by atoms with Crippen molar-refractivity contribution < 1.29 is 19.5 Å². The summed E-state index contributed by atoms with van der Waals surface area (Å²) in [5.41, 5.74) is 6.57.